The Hall–Kier alpha value is -2.58. The number of hydrogen-bond acceptors (Lipinski definition) is 2. The normalized spacial score (nSPS) is 17.5. The molecule has 1 N–H and O–H groups in total. The molecule has 0 spiro atoms. The number of halogens is 4. The minimum Gasteiger partial charge on any atom is -0.334 e. The Morgan fingerprint density at radius 2 is 2.12 bits per heavy atom. The van der Waals surface area contributed by atoms with Gasteiger partial charge in [-0.2, -0.15) is 18.3 Å². The highest BCUT2D eigenvalue weighted by Crippen LogP contribution is 2.32. The number of nitrogens with zero attached hydrogens (tertiary/aromatic N) is 3. The summed E-state index contributed by atoms with van der Waals surface area (Å²) in [5.74, 6) is -1.35. The number of alkyl halides is 3. The molecule has 1 saturated heterocycles. The maximum absolute atomic E-state index is 14.0. The van der Waals surface area contributed by atoms with Crippen LogP contribution in [0.3, 0.4) is 0 Å². The largest absolute Gasteiger partial charge is 0.419 e. The van der Waals surface area contributed by atoms with Gasteiger partial charge in [0.1, 0.15) is 5.82 Å². The highest BCUT2D eigenvalue weighted by atomic mass is 19.4. The van der Waals surface area contributed by atoms with Crippen molar-refractivity contribution in [1.82, 2.24) is 20.0 Å². The number of hydrogen-bond donors (Lipinski definition) is 1. The van der Waals surface area contributed by atoms with E-state index in [2.05, 4.69) is 10.4 Å². The first-order valence-electron chi connectivity index (χ1n) is 8.22. The summed E-state index contributed by atoms with van der Waals surface area (Å²) < 4.78 is 54.0. The Balaban J connectivity index is 1.63. The summed E-state index contributed by atoms with van der Waals surface area (Å²) in [7, 11) is 0. The predicted molar refractivity (Wildman–Crippen MR) is 85.6 cm³/mol. The zero-order valence-electron chi connectivity index (χ0n) is 13.8. The van der Waals surface area contributed by atoms with E-state index in [1.54, 1.807) is 28.0 Å². The fourth-order valence-electron chi connectivity index (χ4n) is 3.12. The monoisotopic (exact) mass is 370 g/mol. The van der Waals surface area contributed by atoms with Crippen molar-refractivity contribution in [2.75, 3.05) is 6.54 Å². The molecule has 26 heavy (non-hydrogen) atoms. The molecule has 1 aromatic heterocycles. The molecule has 2 aromatic rings. The summed E-state index contributed by atoms with van der Waals surface area (Å²) in [6.45, 7) is 0.779. The van der Waals surface area contributed by atoms with Crippen LogP contribution in [-0.2, 0) is 19.3 Å². The van der Waals surface area contributed by atoms with Gasteiger partial charge in [0.15, 0.2) is 0 Å². The number of nitrogens with one attached hydrogen (secondary N) is 1. The van der Waals surface area contributed by atoms with Crippen LogP contribution in [0, 0.1) is 5.82 Å². The number of benzene rings is 1. The second kappa shape index (κ2) is 7.35. The Kier molecular flexibility index (Phi) is 5.15. The van der Waals surface area contributed by atoms with Gasteiger partial charge in [-0.3, -0.25) is 4.68 Å². The third-order valence-corrected chi connectivity index (χ3v) is 4.41. The minimum absolute atomic E-state index is 0.0544. The van der Waals surface area contributed by atoms with Gasteiger partial charge in [-0.05, 0) is 25.0 Å². The lowest BCUT2D eigenvalue weighted by molar-refractivity contribution is -0.140. The van der Waals surface area contributed by atoms with Gasteiger partial charge >= 0.3 is 12.2 Å². The molecule has 5 nitrogen and oxygen atoms in total. The van der Waals surface area contributed by atoms with Crippen LogP contribution >= 0.6 is 0 Å². The van der Waals surface area contributed by atoms with Gasteiger partial charge < -0.3 is 10.2 Å². The molecule has 2 amide bonds. The Labute approximate surface area is 147 Å². The molecule has 140 valence electrons. The average Bonchev–Trinajstić information content (AvgIpc) is 3.25. The number of aromatic nitrogens is 2. The first kappa shape index (κ1) is 18.2. The fraction of sp³-hybridized carbons (Fsp3) is 0.412. The van der Waals surface area contributed by atoms with Crippen molar-refractivity contribution in [1.29, 1.82) is 0 Å². The standard InChI is InChI=1S/C17H18F4N4O/c18-15-12(4-1-6-14(15)17(19,20)21)10-22-16(26)25-9-2-5-13(25)11-24-8-3-7-23-24/h1,3-4,6-8,13H,2,5,9-11H2,(H,22,26)/t13-/m1/s1. The molecule has 1 aliphatic rings. The number of urea groups is 1. The van der Waals surface area contributed by atoms with E-state index < -0.39 is 23.6 Å². The smallest absolute Gasteiger partial charge is 0.334 e. The summed E-state index contributed by atoms with van der Waals surface area (Å²) in [6, 6.07) is 4.36. The van der Waals surface area contributed by atoms with Gasteiger partial charge in [0, 0.05) is 31.0 Å². The van der Waals surface area contributed by atoms with E-state index in [4.69, 9.17) is 0 Å². The summed E-state index contributed by atoms with van der Waals surface area (Å²) in [4.78, 5) is 14.0. The van der Waals surface area contributed by atoms with Crippen LogP contribution in [0.25, 0.3) is 0 Å². The molecule has 0 bridgehead atoms. The van der Waals surface area contributed by atoms with E-state index in [0.717, 1.165) is 18.9 Å². The molecular weight excluding hydrogens is 352 g/mol. The van der Waals surface area contributed by atoms with Crippen LogP contribution in [0.5, 0.6) is 0 Å². The maximum atomic E-state index is 14.0. The summed E-state index contributed by atoms with van der Waals surface area (Å²) in [5.41, 5.74) is -1.53. The lowest BCUT2D eigenvalue weighted by Gasteiger charge is -2.25. The summed E-state index contributed by atoms with van der Waals surface area (Å²) in [6.07, 6.45) is 0.318. The Morgan fingerprint density at radius 3 is 2.81 bits per heavy atom. The lowest BCUT2D eigenvalue weighted by atomic mass is 10.1. The van der Waals surface area contributed by atoms with Crippen molar-refractivity contribution in [2.45, 2.75) is 38.1 Å². The minimum atomic E-state index is -4.77. The number of carbonyl (C=O) groups excluding carboxylic acids is 1. The molecule has 9 heteroatoms. The molecule has 1 aliphatic heterocycles. The topological polar surface area (TPSA) is 50.2 Å². The summed E-state index contributed by atoms with van der Waals surface area (Å²) >= 11 is 0. The van der Waals surface area contributed by atoms with Crippen LogP contribution in [0.1, 0.15) is 24.0 Å². The third kappa shape index (κ3) is 3.97. The van der Waals surface area contributed by atoms with E-state index in [9.17, 15) is 22.4 Å². The van der Waals surface area contributed by atoms with E-state index >= 15 is 0 Å². The van der Waals surface area contributed by atoms with Crippen molar-refractivity contribution in [3.63, 3.8) is 0 Å². The van der Waals surface area contributed by atoms with E-state index in [0.29, 0.717) is 19.2 Å². The summed E-state index contributed by atoms with van der Waals surface area (Å²) in [5, 5.41) is 6.63. The predicted octanol–water partition coefficient (Wildman–Crippen LogP) is 3.42. The number of likely N-dealkylation sites (tertiary alicyclic amines) is 1. The zero-order chi connectivity index (χ0) is 18.7. The number of amides is 2. The van der Waals surface area contributed by atoms with Crippen LogP contribution in [0.2, 0.25) is 0 Å². The van der Waals surface area contributed by atoms with Crippen LogP contribution in [-0.4, -0.2) is 33.3 Å². The Morgan fingerprint density at radius 1 is 1.31 bits per heavy atom. The van der Waals surface area contributed by atoms with Crippen molar-refractivity contribution >= 4 is 6.03 Å². The van der Waals surface area contributed by atoms with Gasteiger partial charge in [-0.1, -0.05) is 12.1 Å². The number of carbonyl (C=O) groups is 1. The van der Waals surface area contributed by atoms with Crippen molar-refractivity contribution in [3.8, 4) is 0 Å². The second-order valence-electron chi connectivity index (χ2n) is 6.15. The second-order valence-corrected chi connectivity index (χ2v) is 6.15. The molecule has 0 aliphatic carbocycles. The Bertz CT molecular complexity index is 761. The molecular formula is C17H18F4N4O. The van der Waals surface area contributed by atoms with Crippen molar-refractivity contribution in [2.24, 2.45) is 0 Å². The third-order valence-electron chi connectivity index (χ3n) is 4.41. The highest BCUT2D eigenvalue weighted by Gasteiger charge is 2.35. The molecule has 0 unspecified atom stereocenters. The van der Waals surface area contributed by atoms with Crippen LogP contribution in [0.4, 0.5) is 22.4 Å². The average molecular weight is 370 g/mol. The van der Waals surface area contributed by atoms with Gasteiger partial charge in [0.05, 0.1) is 18.2 Å². The maximum Gasteiger partial charge on any atom is 0.419 e. The molecule has 1 aromatic carbocycles. The van der Waals surface area contributed by atoms with Gasteiger partial charge in [0.2, 0.25) is 0 Å². The van der Waals surface area contributed by atoms with E-state index in [1.807, 2.05) is 0 Å². The van der Waals surface area contributed by atoms with Gasteiger partial charge in [0.25, 0.3) is 0 Å². The van der Waals surface area contributed by atoms with Gasteiger partial charge in [-0.25, -0.2) is 9.18 Å². The van der Waals surface area contributed by atoms with Crippen molar-refractivity contribution in [3.05, 3.63) is 53.6 Å². The number of rotatable bonds is 4. The molecule has 2 heterocycles. The van der Waals surface area contributed by atoms with Crippen LogP contribution < -0.4 is 5.32 Å². The fourth-order valence-corrected chi connectivity index (χ4v) is 3.12. The SMILES string of the molecule is O=C(NCc1cccc(C(F)(F)F)c1F)N1CCC[C@@H]1Cn1cccn1. The van der Waals surface area contributed by atoms with Crippen molar-refractivity contribution < 1.29 is 22.4 Å². The molecule has 1 fully saturated rings. The first-order chi connectivity index (χ1) is 12.4. The van der Waals surface area contributed by atoms with Crippen LogP contribution in [0.15, 0.2) is 36.7 Å². The quantitative estimate of drug-likeness (QED) is 0.839. The molecule has 1 atom stereocenters. The zero-order valence-corrected chi connectivity index (χ0v) is 13.8. The molecule has 0 radical (unpaired) electrons. The molecule has 3 rings (SSSR count). The lowest BCUT2D eigenvalue weighted by Crippen LogP contribution is -2.44. The van der Waals surface area contributed by atoms with E-state index in [-0.39, 0.29) is 18.2 Å². The van der Waals surface area contributed by atoms with E-state index in [1.165, 1.54) is 6.07 Å². The highest BCUT2D eigenvalue weighted by molar-refractivity contribution is 5.74. The first-order valence-corrected chi connectivity index (χ1v) is 8.22. The molecule has 0 saturated carbocycles. The van der Waals surface area contributed by atoms with Gasteiger partial charge in [-0.15, -0.1) is 0 Å².